The van der Waals surface area contributed by atoms with Crippen molar-refractivity contribution < 1.29 is 4.74 Å². The van der Waals surface area contributed by atoms with Crippen LogP contribution in [-0.4, -0.2) is 6.10 Å². The van der Waals surface area contributed by atoms with Gasteiger partial charge in [-0.2, -0.15) is 0 Å². The van der Waals surface area contributed by atoms with Gasteiger partial charge in [-0.15, -0.1) is 0 Å². The van der Waals surface area contributed by atoms with Gasteiger partial charge in [-0.1, -0.05) is 31.0 Å². The topological polar surface area (TPSA) is 35.2 Å². The zero-order valence-electron chi connectivity index (χ0n) is 11.9. The summed E-state index contributed by atoms with van der Waals surface area (Å²) in [5.41, 5.74) is 6.91. The molecule has 1 fully saturated rings. The quantitative estimate of drug-likeness (QED) is 0.868. The highest BCUT2D eigenvalue weighted by molar-refractivity contribution is 6.32. The molecule has 1 aromatic rings. The van der Waals surface area contributed by atoms with Crippen LogP contribution in [0.1, 0.15) is 57.6 Å². The third-order valence-corrected chi connectivity index (χ3v) is 4.42. The van der Waals surface area contributed by atoms with Gasteiger partial charge in [0.1, 0.15) is 11.9 Å². The Bertz CT molecular complexity index is 419. The molecule has 1 saturated carbocycles. The van der Waals surface area contributed by atoms with Gasteiger partial charge in [0.05, 0.1) is 5.02 Å². The molecule has 106 valence electrons. The fourth-order valence-electron chi connectivity index (χ4n) is 2.85. The van der Waals surface area contributed by atoms with E-state index in [0.29, 0.717) is 17.0 Å². The van der Waals surface area contributed by atoms with Gasteiger partial charge in [-0.3, -0.25) is 0 Å². The van der Waals surface area contributed by atoms with Gasteiger partial charge in [0.15, 0.2) is 0 Å². The fourth-order valence-corrected chi connectivity index (χ4v) is 3.09. The van der Waals surface area contributed by atoms with Crippen molar-refractivity contribution in [2.24, 2.45) is 11.7 Å². The van der Waals surface area contributed by atoms with Crippen molar-refractivity contribution in [1.82, 2.24) is 0 Å². The Morgan fingerprint density at radius 2 is 2.11 bits per heavy atom. The first-order chi connectivity index (χ1) is 9.11. The minimum absolute atomic E-state index is 0.00428. The van der Waals surface area contributed by atoms with Crippen LogP contribution in [-0.2, 0) is 0 Å². The molecule has 3 atom stereocenters. The molecule has 0 aromatic heterocycles. The lowest BCUT2D eigenvalue weighted by Gasteiger charge is -2.31. The normalized spacial score (nSPS) is 25.1. The molecule has 19 heavy (non-hydrogen) atoms. The van der Waals surface area contributed by atoms with Gasteiger partial charge in [0.25, 0.3) is 0 Å². The molecule has 1 aromatic carbocycles. The van der Waals surface area contributed by atoms with E-state index < -0.39 is 0 Å². The Hall–Kier alpha value is -0.730. The molecule has 0 radical (unpaired) electrons. The summed E-state index contributed by atoms with van der Waals surface area (Å²) in [6.45, 7) is 4.20. The number of rotatable bonds is 4. The van der Waals surface area contributed by atoms with Crippen LogP contribution in [0, 0.1) is 5.92 Å². The first kappa shape index (κ1) is 14.7. The molecule has 0 heterocycles. The van der Waals surface area contributed by atoms with Crippen molar-refractivity contribution in [2.45, 2.75) is 58.1 Å². The highest BCUT2D eigenvalue weighted by Crippen LogP contribution is 2.34. The molecule has 0 amide bonds. The second kappa shape index (κ2) is 6.62. The second-order valence-electron chi connectivity index (χ2n) is 5.59. The van der Waals surface area contributed by atoms with Crippen molar-refractivity contribution in [3.05, 3.63) is 28.8 Å². The van der Waals surface area contributed by atoms with Gasteiger partial charge >= 0.3 is 0 Å². The number of halogens is 1. The standard InChI is InChI=1S/C16H24ClNO/c1-3-12-6-4-5-7-15(12)19-16-9-8-13(11(2)18)10-14(16)17/h8-12,15H,3-7,18H2,1-2H3/t11-,12?,15?/m1/s1. The maximum atomic E-state index is 6.30. The Kier molecular flexibility index (Phi) is 5.12. The van der Waals surface area contributed by atoms with Crippen molar-refractivity contribution in [3.8, 4) is 5.75 Å². The van der Waals surface area contributed by atoms with E-state index in [1.807, 2.05) is 25.1 Å². The molecule has 2 rings (SSSR count). The van der Waals surface area contributed by atoms with E-state index in [1.165, 1.54) is 25.7 Å². The summed E-state index contributed by atoms with van der Waals surface area (Å²) in [6.07, 6.45) is 6.50. The molecule has 1 aliphatic carbocycles. The summed E-state index contributed by atoms with van der Waals surface area (Å²) in [5.74, 6) is 1.47. The van der Waals surface area contributed by atoms with Crippen LogP contribution in [0.2, 0.25) is 5.02 Å². The lowest BCUT2D eigenvalue weighted by molar-refractivity contribution is 0.0904. The first-order valence-corrected chi connectivity index (χ1v) is 7.71. The van der Waals surface area contributed by atoms with Gasteiger partial charge in [-0.05, 0) is 56.2 Å². The van der Waals surface area contributed by atoms with E-state index in [-0.39, 0.29) is 6.04 Å². The van der Waals surface area contributed by atoms with E-state index in [9.17, 15) is 0 Å². The molecule has 3 heteroatoms. The third-order valence-electron chi connectivity index (χ3n) is 4.12. The molecule has 0 saturated heterocycles. The number of benzene rings is 1. The van der Waals surface area contributed by atoms with Crippen LogP contribution in [0.4, 0.5) is 0 Å². The Labute approximate surface area is 121 Å². The van der Waals surface area contributed by atoms with Crippen LogP contribution in [0.5, 0.6) is 5.75 Å². The van der Waals surface area contributed by atoms with Crippen molar-refractivity contribution in [3.63, 3.8) is 0 Å². The predicted molar refractivity (Wildman–Crippen MR) is 80.7 cm³/mol. The lowest BCUT2D eigenvalue weighted by Crippen LogP contribution is -2.30. The Morgan fingerprint density at radius 1 is 1.37 bits per heavy atom. The highest BCUT2D eigenvalue weighted by atomic mass is 35.5. The van der Waals surface area contributed by atoms with Crippen molar-refractivity contribution in [1.29, 1.82) is 0 Å². The minimum atomic E-state index is 0.00428. The molecular weight excluding hydrogens is 258 g/mol. The van der Waals surface area contributed by atoms with Gasteiger partial charge in [0, 0.05) is 6.04 Å². The van der Waals surface area contributed by atoms with Crippen molar-refractivity contribution >= 4 is 11.6 Å². The fraction of sp³-hybridized carbons (Fsp3) is 0.625. The first-order valence-electron chi connectivity index (χ1n) is 7.33. The molecule has 2 unspecified atom stereocenters. The summed E-state index contributed by atoms with van der Waals surface area (Å²) in [7, 11) is 0. The van der Waals surface area contributed by atoms with E-state index >= 15 is 0 Å². The smallest absolute Gasteiger partial charge is 0.138 e. The monoisotopic (exact) mass is 281 g/mol. The molecule has 0 aliphatic heterocycles. The summed E-state index contributed by atoms with van der Waals surface area (Å²) in [6, 6.07) is 5.90. The van der Waals surface area contributed by atoms with Gasteiger partial charge in [0.2, 0.25) is 0 Å². The molecule has 0 bridgehead atoms. The molecule has 2 N–H and O–H groups in total. The molecule has 0 spiro atoms. The Morgan fingerprint density at radius 3 is 2.74 bits per heavy atom. The average molecular weight is 282 g/mol. The zero-order valence-corrected chi connectivity index (χ0v) is 12.6. The highest BCUT2D eigenvalue weighted by Gasteiger charge is 2.25. The average Bonchev–Trinajstić information content (AvgIpc) is 2.41. The maximum absolute atomic E-state index is 6.30. The molecule has 2 nitrogen and oxygen atoms in total. The number of nitrogens with two attached hydrogens (primary N) is 1. The second-order valence-corrected chi connectivity index (χ2v) is 5.99. The van der Waals surface area contributed by atoms with Crippen LogP contribution in [0.15, 0.2) is 18.2 Å². The van der Waals surface area contributed by atoms with E-state index in [4.69, 9.17) is 22.1 Å². The largest absolute Gasteiger partial charge is 0.489 e. The SMILES string of the molecule is CCC1CCCCC1Oc1ccc([C@@H](C)N)cc1Cl. The summed E-state index contributed by atoms with van der Waals surface area (Å²) in [5, 5.41) is 0.676. The van der Waals surface area contributed by atoms with Gasteiger partial charge in [-0.25, -0.2) is 0 Å². The molecular formula is C16H24ClNO. The Balaban J connectivity index is 2.09. The molecule has 1 aliphatic rings. The van der Waals surface area contributed by atoms with E-state index in [0.717, 1.165) is 17.7 Å². The number of hydrogen-bond donors (Lipinski definition) is 1. The summed E-state index contributed by atoms with van der Waals surface area (Å²) < 4.78 is 6.15. The summed E-state index contributed by atoms with van der Waals surface area (Å²) in [4.78, 5) is 0. The van der Waals surface area contributed by atoms with Crippen LogP contribution < -0.4 is 10.5 Å². The lowest BCUT2D eigenvalue weighted by atomic mass is 9.85. The third kappa shape index (κ3) is 3.64. The van der Waals surface area contributed by atoms with E-state index in [2.05, 4.69) is 6.92 Å². The number of hydrogen-bond acceptors (Lipinski definition) is 2. The van der Waals surface area contributed by atoms with Gasteiger partial charge < -0.3 is 10.5 Å². The van der Waals surface area contributed by atoms with Crippen LogP contribution in [0.25, 0.3) is 0 Å². The zero-order chi connectivity index (χ0) is 13.8. The predicted octanol–water partition coefficient (Wildman–Crippen LogP) is 4.71. The number of ether oxygens (including phenoxy) is 1. The van der Waals surface area contributed by atoms with Crippen LogP contribution in [0.3, 0.4) is 0 Å². The summed E-state index contributed by atoms with van der Waals surface area (Å²) >= 11 is 6.30. The van der Waals surface area contributed by atoms with Crippen molar-refractivity contribution in [2.75, 3.05) is 0 Å². The maximum Gasteiger partial charge on any atom is 0.138 e. The van der Waals surface area contributed by atoms with E-state index in [1.54, 1.807) is 0 Å². The minimum Gasteiger partial charge on any atom is -0.489 e. The van der Waals surface area contributed by atoms with Crippen LogP contribution >= 0.6 is 11.6 Å².